The number of hydrogen-bond acceptors (Lipinski definition) is 3. The lowest BCUT2D eigenvalue weighted by Crippen LogP contribution is -2.21. The molecule has 106 valence electrons. The van der Waals surface area contributed by atoms with E-state index in [9.17, 15) is 4.79 Å². The van der Waals surface area contributed by atoms with Gasteiger partial charge in [0.2, 0.25) is 0 Å². The van der Waals surface area contributed by atoms with Gasteiger partial charge in [0, 0.05) is 29.3 Å². The second kappa shape index (κ2) is 6.57. The van der Waals surface area contributed by atoms with Crippen LogP contribution >= 0.6 is 11.3 Å². The molecular weight excluding hydrogens is 268 g/mol. The Kier molecular flexibility index (Phi) is 4.79. The van der Waals surface area contributed by atoms with Crippen LogP contribution in [0.15, 0.2) is 36.4 Å². The molecule has 1 N–H and O–H groups in total. The first-order valence-electron chi connectivity index (χ1n) is 6.86. The molecule has 4 heteroatoms. The Bertz CT molecular complexity index is 570. The van der Waals surface area contributed by atoms with Gasteiger partial charge in [-0.25, -0.2) is 0 Å². The second-order valence-corrected chi connectivity index (χ2v) is 5.87. The Morgan fingerprint density at radius 1 is 1.10 bits per heavy atom. The Labute approximate surface area is 124 Å². The highest BCUT2D eigenvalue weighted by Gasteiger charge is 2.08. The number of thiophene rings is 1. The highest BCUT2D eigenvalue weighted by atomic mass is 32.1. The zero-order valence-electron chi connectivity index (χ0n) is 12.1. The monoisotopic (exact) mass is 288 g/mol. The van der Waals surface area contributed by atoms with Gasteiger partial charge in [-0.3, -0.25) is 4.79 Å². The summed E-state index contributed by atoms with van der Waals surface area (Å²) in [4.78, 5) is 16.2. The van der Waals surface area contributed by atoms with Gasteiger partial charge < -0.3 is 10.2 Å². The summed E-state index contributed by atoms with van der Waals surface area (Å²) in [5.41, 5.74) is 2.01. The van der Waals surface area contributed by atoms with E-state index in [2.05, 4.69) is 24.1 Å². The van der Waals surface area contributed by atoms with Crippen molar-refractivity contribution in [1.29, 1.82) is 0 Å². The Hall–Kier alpha value is -1.81. The number of carbonyl (C=O) groups excluding carboxylic acids is 1. The lowest BCUT2D eigenvalue weighted by Gasteiger charge is -2.21. The van der Waals surface area contributed by atoms with Crippen LogP contribution in [-0.4, -0.2) is 19.0 Å². The van der Waals surface area contributed by atoms with Gasteiger partial charge >= 0.3 is 0 Å². The molecule has 0 fully saturated rings. The zero-order chi connectivity index (χ0) is 14.5. The molecule has 1 aromatic carbocycles. The SMILES string of the molecule is CCN(CC)c1ccc(NC(=O)c2ccc(C)s2)cc1. The van der Waals surface area contributed by atoms with E-state index >= 15 is 0 Å². The van der Waals surface area contributed by atoms with Crippen molar-refractivity contribution in [2.45, 2.75) is 20.8 Å². The summed E-state index contributed by atoms with van der Waals surface area (Å²) >= 11 is 1.51. The summed E-state index contributed by atoms with van der Waals surface area (Å²) in [5.74, 6) is -0.0429. The number of anilines is 2. The number of rotatable bonds is 5. The molecule has 0 unspecified atom stereocenters. The first kappa shape index (κ1) is 14.6. The van der Waals surface area contributed by atoms with Crippen LogP contribution < -0.4 is 10.2 Å². The lowest BCUT2D eigenvalue weighted by molar-refractivity contribution is 0.103. The van der Waals surface area contributed by atoms with Crippen molar-refractivity contribution in [2.24, 2.45) is 0 Å². The Balaban J connectivity index is 2.05. The van der Waals surface area contributed by atoms with E-state index < -0.39 is 0 Å². The first-order valence-corrected chi connectivity index (χ1v) is 7.68. The van der Waals surface area contributed by atoms with Gasteiger partial charge in [-0.1, -0.05) is 0 Å². The van der Waals surface area contributed by atoms with Gasteiger partial charge in [0.15, 0.2) is 0 Å². The summed E-state index contributed by atoms with van der Waals surface area (Å²) in [6, 6.07) is 11.8. The van der Waals surface area contributed by atoms with Gasteiger partial charge in [0.25, 0.3) is 5.91 Å². The molecule has 0 saturated carbocycles. The molecule has 1 amide bonds. The molecule has 1 heterocycles. The molecule has 0 radical (unpaired) electrons. The van der Waals surface area contributed by atoms with Gasteiger partial charge in [0.1, 0.15) is 0 Å². The molecule has 2 aromatic rings. The quantitative estimate of drug-likeness (QED) is 0.896. The fraction of sp³-hybridized carbons (Fsp3) is 0.312. The lowest BCUT2D eigenvalue weighted by atomic mass is 10.2. The first-order chi connectivity index (χ1) is 9.63. The van der Waals surface area contributed by atoms with E-state index in [4.69, 9.17) is 0 Å². The van der Waals surface area contributed by atoms with E-state index in [0.717, 1.165) is 28.5 Å². The Morgan fingerprint density at radius 3 is 2.25 bits per heavy atom. The molecular formula is C16H20N2OS. The van der Waals surface area contributed by atoms with Crippen LogP contribution in [0.4, 0.5) is 11.4 Å². The summed E-state index contributed by atoms with van der Waals surface area (Å²) < 4.78 is 0. The maximum absolute atomic E-state index is 12.0. The average Bonchev–Trinajstić information content (AvgIpc) is 2.89. The predicted octanol–water partition coefficient (Wildman–Crippen LogP) is 4.16. The summed E-state index contributed by atoms with van der Waals surface area (Å²) in [7, 11) is 0. The topological polar surface area (TPSA) is 32.3 Å². The minimum atomic E-state index is -0.0429. The minimum Gasteiger partial charge on any atom is -0.372 e. The molecule has 0 saturated heterocycles. The third-order valence-corrected chi connectivity index (χ3v) is 4.22. The smallest absolute Gasteiger partial charge is 0.265 e. The predicted molar refractivity (Wildman–Crippen MR) is 87.0 cm³/mol. The van der Waals surface area contributed by atoms with Gasteiger partial charge in [-0.15, -0.1) is 11.3 Å². The van der Waals surface area contributed by atoms with Crippen molar-refractivity contribution in [3.63, 3.8) is 0 Å². The van der Waals surface area contributed by atoms with Crippen molar-refractivity contribution in [1.82, 2.24) is 0 Å². The Morgan fingerprint density at radius 2 is 1.75 bits per heavy atom. The molecule has 0 aliphatic rings. The zero-order valence-corrected chi connectivity index (χ0v) is 13.0. The number of amides is 1. The third kappa shape index (κ3) is 3.39. The maximum Gasteiger partial charge on any atom is 0.265 e. The van der Waals surface area contributed by atoms with E-state index in [1.54, 1.807) is 0 Å². The van der Waals surface area contributed by atoms with Crippen molar-refractivity contribution < 1.29 is 4.79 Å². The molecule has 2 rings (SSSR count). The van der Waals surface area contributed by atoms with Crippen molar-refractivity contribution in [2.75, 3.05) is 23.3 Å². The summed E-state index contributed by atoms with van der Waals surface area (Å²) in [5, 5.41) is 2.93. The minimum absolute atomic E-state index is 0.0429. The number of hydrogen-bond donors (Lipinski definition) is 1. The molecule has 3 nitrogen and oxygen atoms in total. The summed E-state index contributed by atoms with van der Waals surface area (Å²) in [6.45, 7) is 8.24. The molecule has 0 aliphatic carbocycles. The highest BCUT2D eigenvalue weighted by molar-refractivity contribution is 7.14. The van der Waals surface area contributed by atoms with E-state index in [-0.39, 0.29) is 5.91 Å². The van der Waals surface area contributed by atoms with E-state index in [0.29, 0.717) is 0 Å². The molecule has 0 aliphatic heterocycles. The van der Waals surface area contributed by atoms with Gasteiger partial charge in [-0.05, 0) is 57.2 Å². The fourth-order valence-electron chi connectivity index (χ4n) is 2.09. The number of nitrogens with zero attached hydrogens (tertiary/aromatic N) is 1. The maximum atomic E-state index is 12.0. The van der Waals surface area contributed by atoms with E-state index in [1.807, 2.05) is 43.3 Å². The number of nitrogens with one attached hydrogen (secondary N) is 1. The van der Waals surface area contributed by atoms with Crippen molar-refractivity contribution >= 4 is 28.6 Å². The summed E-state index contributed by atoms with van der Waals surface area (Å²) in [6.07, 6.45) is 0. The molecule has 0 bridgehead atoms. The van der Waals surface area contributed by atoms with Crippen LogP contribution in [0.3, 0.4) is 0 Å². The number of aryl methyl sites for hydroxylation is 1. The molecule has 0 atom stereocenters. The van der Waals surface area contributed by atoms with Crippen LogP contribution in [0.2, 0.25) is 0 Å². The second-order valence-electron chi connectivity index (χ2n) is 4.58. The molecule has 0 spiro atoms. The largest absolute Gasteiger partial charge is 0.372 e. The third-order valence-electron chi connectivity index (χ3n) is 3.22. The number of carbonyl (C=O) groups is 1. The number of benzene rings is 1. The van der Waals surface area contributed by atoms with Crippen LogP contribution in [0.5, 0.6) is 0 Å². The van der Waals surface area contributed by atoms with Crippen molar-refractivity contribution in [3.05, 3.63) is 46.2 Å². The molecule has 1 aromatic heterocycles. The van der Waals surface area contributed by atoms with Crippen LogP contribution in [0.25, 0.3) is 0 Å². The van der Waals surface area contributed by atoms with Gasteiger partial charge in [-0.2, -0.15) is 0 Å². The highest BCUT2D eigenvalue weighted by Crippen LogP contribution is 2.20. The fourth-order valence-corrected chi connectivity index (χ4v) is 2.86. The standard InChI is InChI=1S/C16H20N2OS/c1-4-18(5-2)14-9-7-13(8-10-14)17-16(19)15-11-6-12(3)20-15/h6-11H,4-5H2,1-3H3,(H,17,19). The van der Waals surface area contributed by atoms with Crippen LogP contribution in [0.1, 0.15) is 28.4 Å². The van der Waals surface area contributed by atoms with Gasteiger partial charge in [0.05, 0.1) is 4.88 Å². The van der Waals surface area contributed by atoms with E-state index in [1.165, 1.54) is 17.0 Å². The average molecular weight is 288 g/mol. The normalized spacial score (nSPS) is 10.3. The van der Waals surface area contributed by atoms with Crippen LogP contribution in [0, 0.1) is 6.92 Å². The van der Waals surface area contributed by atoms with Crippen LogP contribution in [-0.2, 0) is 0 Å². The molecule has 20 heavy (non-hydrogen) atoms. The van der Waals surface area contributed by atoms with Crippen molar-refractivity contribution in [3.8, 4) is 0 Å².